The van der Waals surface area contributed by atoms with Crippen LogP contribution in [0.25, 0.3) is 0 Å². The number of rotatable bonds is 6. The summed E-state index contributed by atoms with van der Waals surface area (Å²) in [6.07, 6.45) is 5.04. The minimum absolute atomic E-state index is 0.321. The fraction of sp³-hybridized carbons (Fsp3) is 0.818. The lowest BCUT2D eigenvalue weighted by Crippen LogP contribution is -2.21. The summed E-state index contributed by atoms with van der Waals surface area (Å²) in [7, 11) is -0.313. The summed E-state index contributed by atoms with van der Waals surface area (Å²) >= 11 is 0. The second-order valence-electron chi connectivity index (χ2n) is 4.20. The summed E-state index contributed by atoms with van der Waals surface area (Å²) in [6, 6.07) is 0. The van der Waals surface area contributed by atoms with E-state index in [9.17, 15) is 4.57 Å². The van der Waals surface area contributed by atoms with E-state index in [0.29, 0.717) is 11.9 Å². The monoisotopic (exact) mass is 248 g/mol. The van der Waals surface area contributed by atoms with Crippen molar-refractivity contribution in [3.05, 3.63) is 11.4 Å². The van der Waals surface area contributed by atoms with Gasteiger partial charge in [0.2, 0.25) is 0 Å². The summed E-state index contributed by atoms with van der Waals surface area (Å²) in [5, 5.41) is 0.635. The zero-order chi connectivity index (χ0) is 12.2. The Morgan fingerprint density at radius 1 is 1.50 bits per heavy atom. The van der Waals surface area contributed by atoms with E-state index >= 15 is 0 Å². The molecule has 1 aliphatic heterocycles. The van der Waals surface area contributed by atoms with Crippen molar-refractivity contribution >= 4 is 7.60 Å². The van der Waals surface area contributed by atoms with Gasteiger partial charge in [-0.15, -0.1) is 0 Å². The lowest BCUT2D eigenvalue weighted by Gasteiger charge is -2.20. The van der Waals surface area contributed by atoms with Crippen molar-refractivity contribution in [2.75, 3.05) is 20.8 Å². The Hall–Kier alpha value is -0.150. The fourth-order valence-electron chi connectivity index (χ4n) is 1.81. The SMILES string of the molecule is CCCCC1(C)C=C(P(=O)(OC)OC)CO1. The highest BCUT2D eigenvalue weighted by Gasteiger charge is 2.37. The second kappa shape index (κ2) is 5.46. The van der Waals surface area contributed by atoms with Crippen molar-refractivity contribution in [1.29, 1.82) is 0 Å². The first kappa shape index (κ1) is 13.9. The first-order chi connectivity index (χ1) is 7.49. The van der Waals surface area contributed by atoms with Crippen LogP contribution in [0, 0.1) is 0 Å². The van der Waals surface area contributed by atoms with E-state index in [1.165, 1.54) is 14.2 Å². The van der Waals surface area contributed by atoms with Gasteiger partial charge < -0.3 is 13.8 Å². The predicted octanol–water partition coefficient (Wildman–Crippen LogP) is 3.34. The van der Waals surface area contributed by atoms with Gasteiger partial charge >= 0.3 is 7.60 Å². The van der Waals surface area contributed by atoms with Crippen molar-refractivity contribution in [3.8, 4) is 0 Å². The summed E-state index contributed by atoms with van der Waals surface area (Å²) in [4.78, 5) is 0. The zero-order valence-corrected chi connectivity index (χ0v) is 11.4. The largest absolute Gasteiger partial charge is 0.366 e. The topological polar surface area (TPSA) is 44.8 Å². The van der Waals surface area contributed by atoms with Gasteiger partial charge in [0, 0.05) is 14.2 Å². The number of ether oxygens (including phenoxy) is 1. The van der Waals surface area contributed by atoms with Gasteiger partial charge in [0.1, 0.15) is 0 Å². The van der Waals surface area contributed by atoms with Gasteiger partial charge in [0.25, 0.3) is 0 Å². The Morgan fingerprint density at radius 3 is 2.62 bits per heavy atom. The molecule has 1 unspecified atom stereocenters. The standard InChI is InChI=1S/C11H21O4P/c1-5-6-7-11(2)8-10(9-15-11)16(12,13-3)14-4/h8H,5-7,9H2,1-4H3. The summed E-state index contributed by atoms with van der Waals surface area (Å²) in [5.41, 5.74) is -0.321. The quantitative estimate of drug-likeness (QED) is 0.676. The van der Waals surface area contributed by atoms with E-state index in [1.807, 2.05) is 13.0 Å². The van der Waals surface area contributed by atoms with E-state index in [1.54, 1.807) is 0 Å². The molecule has 1 heterocycles. The lowest BCUT2D eigenvalue weighted by atomic mass is 10.00. The van der Waals surface area contributed by atoms with Crippen LogP contribution in [0.2, 0.25) is 0 Å². The van der Waals surface area contributed by atoms with E-state index in [2.05, 4.69) is 6.92 Å². The van der Waals surface area contributed by atoms with Crippen LogP contribution in [0.4, 0.5) is 0 Å². The molecule has 0 aliphatic carbocycles. The Kier molecular flexibility index (Phi) is 4.74. The Morgan fingerprint density at radius 2 is 2.12 bits per heavy atom. The van der Waals surface area contributed by atoms with Crippen LogP contribution in [0.5, 0.6) is 0 Å². The third-order valence-corrected chi connectivity index (χ3v) is 4.80. The van der Waals surface area contributed by atoms with Gasteiger partial charge in [-0.05, 0) is 19.4 Å². The maximum atomic E-state index is 12.1. The van der Waals surface area contributed by atoms with E-state index < -0.39 is 7.60 Å². The van der Waals surface area contributed by atoms with E-state index in [-0.39, 0.29) is 5.60 Å². The normalized spacial score (nSPS) is 25.9. The Balaban J connectivity index is 2.78. The van der Waals surface area contributed by atoms with Gasteiger partial charge in [-0.1, -0.05) is 19.8 Å². The molecule has 1 aliphatic rings. The highest BCUT2D eigenvalue weighted by Crippen LogP contribution is 2.57. The summed E-state index contributed by atoms with van der Waals surface area (Å²) in [6.45, 7) is 4.47. The molecule has 5 heteroatoms. The molecule has 94 valence electrons. The van der Waals surface area contributed by atoms with Gasteiger partial charge in [0.05, 0.1) is 17.5 Å². The van der Waals surface area contributed by atoms with Crippen LogP contribution in [0.15, 0.2) is 11.4 Å². The molecule has 0 aromatic carbocycles. The fourth-order valence-corrected chi connectivity index (χ4v) is 3.09. The molecule has 0 bridgehead atoms. The highest BCUT2D eigenvalue weighted by molar-refractivity contribution is 7.58. The third-order valence-electron chi connectivity index (χ3n) is 2.88. The molecule has 0 aromatic rings. The van der Waals surface area contributed by atoms with Crippen molar-refractivity contribution in [1.82, 2.24) is 0 Å². The molecule has 0 aromatic heterocycles. The molecular weight excluding hydrogens is 227 g/mol. The van der Waals surface area contributed by atoms with Crippen LogP contribution in [-0.2, 0) is 18.3 Å². The first-order valence-electron chi connectivity index (χ1n) is 5.57. The lowest BCUT2D eigenvalue weighted by molar-refractivity contribution is 0.0319. The Labute approximate surface area is 97.5 Å². The average Bonchev–Trinajstić information content (AvgIpc) is 2.69. The molecule has 1 atom stereocenters. The first-order valence-corrected chi connectivity index (χ1v) is 7.11. The van der Waals surface area contributed by atoms with Gasteiger partial charge in [-0.3, -0.25) is 4.57 Å². The van der Waals surface area contributed by atoms with Crippen molar-refractivity contribution in [2.24, 2.45) is 0 Å². The van der Waals surface area contributed by atoms with Crippen molar-refractivity contribution in [2.45, 2.75) is 38.7 Å². The molecule has 0 fully saturated rings. The van der Waals surface area contributed by atoms with Gasteiger partial charge in [-0.2, -0.15) is 0 Å². The molecule has 0 N–H and O–H groups in total. The minimum Gasteiger partial charge on any atom is -0.366 e. The van der Waals surface area contributed by atoms with Crippen LogP contribution >= 0.6 is 7.60 Å². The van der Waals surface area contributed by atoms with Gasteiger partial charge in [0.15, 0.2) is 0 Å². The number of unbranched alkanes of at least 4 members (excludes halogenated alkanes) is 1. The van der Waals surface area contributed by atoms with Crippen molar-refractivity contribution in [3.63, 3.8) is 0 Å². The molecule has 1 rings (SSSR count). The zero-order valence-electron chi connectivity index (χ0n) is 10.5. The van der Waals surface area contributed by atoms with Crippen LogP contribution in [0.1, 0.15) is 33.1 Å². The smallest absolute Gasteiger partial charge is 0.358 e. The minimum atomic E-state index is -3.10. The summed E-state index contributed by atoms with van der Waals surface area (Å²) < 4.78 is 27.7. The molecule has 0 saturated heterocycles. The van der Waals surface area contributed by atoms with E-state index in [0.717, 1.165) is 19.3 Å². The average molecular weight is 248 g/mol. The molecule has 16 heavy (non-hydrogen) atoms. The molecule has 0 amide bonds. The van der Waals surface area contributed by atoms with Crippen LogP contribution < -0.4 is 0 Å². The molecule has 4 nitrogen and oxygen atoms in total. The molecule has 0 spiro atoms. The molecule has 0 radical (unpaired) electrons. The molecule has 0 saturated carbocycles. The Bertz CT molecular complexity index is 305. The van der Waals surface area contributed by atoms with Crippen molar-refractivity contribution < 1.29 is 18.3 Å². The number of hydrogen-bond acceptors (Lipinski definition) is 4. The van der Waals surface area contributed by atoms with Crippen LogP contribution in [0.3, 0.4) is 0 Å². The van der Waals surface area contributed by atoms with E-state index in [4.69, 9.17) is 13.8 Å². The highest BCUT2D eigenvalue weighted by atomic mass is 31.2. The maximum Gasteiger partial charge on any atom is 0.358 e. The maximum absolute atomic E-state index is 12.1. The van der Waals surface area contributed by atoms with Gasteiger partial charge in [-0.25, -0.2) is 0 Å². The van der Waals surface area contributed by atoms with Crippen LogP contribution in [-0.4, -0.2) is 26.4 Å². The molecular formula is C11H21O4P. The second-order valence-corrected chi connectivity index (χ2v) is 6.50. The number of hydrogen-bond donors (Lipinski definition) is 0. The predicted molar refractivity (Wildman–Crippen MR) is 63.6 cm³/mol. The summed E-state index contributed by atoms with van der Waals surface area (Å²) in [5.74, 6) is 0. The third kappa shape index (κ3) is 2.95.